The van der Waals surface area contributed by atoms with Gasteiger partial charge in [-0.2, -0.15) is 13.2 Å². The Kier molecular flexibility index (Phi) is 4.09. The number of anilines is 1. The van der Waals surface area contributed by atoms with Crippen molar-refractivity contribution in [1.82, 2.24) is 4.90 Å². The van der Waals surface area contributed by atoms with Crippen LogP contribution in [0, 0.1) is 6.04 Å². The number of halogens is 3. The molecule has 1 radical (unpaired) electrons. The van der Waals surface area contributed by atoms with Crippen molar-refractivity contribution in [1.29, 1.82) is 0 Å². The van der Waals surface area contributed by atoms with Crippen molar-refractivity contribution in [2.75, 3.05) is 31.1 Å². The van der Waals surface area contributed by atoms with Crippen LogP contribution in [0.4, 0.5) is 18.9 Å². The monoisotopic (exact) mass is 381 g/mol. The van der Waals surface area contributed by atoms with Gasteiger partial charge in [-0.05, 0) is 46.5 Å². The molecule has 1 heterocycles. The quantitative estimate of drug-likeness (QED) is 0.608. The van der Waals surface area contributed by atoms with Gasteiger partial charge in [0.2, 0.25) is 0 Å². The first kappa shape index (κ1) is 17.6. The molecular formula is C23H20F3N2. The van der Waals surface area contributed by atoms with Crippen LogP contribution in [0.1, 0.15) is 16.7 Å². The number of alkyl halides is 3. The molecular weight excluding hydrogens is 361 g/mol. The summed E-state index contributed by atoms with van der Waals surface area (Å²) in [4.78, 5) is 4.45. The number of hydrogen-bond acceptors (Lipinski definition) is 2. The van der Waals surface area contributed by atoms with Gasteiger partial charge in [0.15, 0.2) is 0 Å². The van der Waals surface area contributed by atoms with E-state index >= 15 is 0 Å². The van der Waals surface area contributed by atoms with Gasteiger partial charge in [-0.1, -0.05) is 42.5 Å². The van der Waals surface area contributed by atoms with E-state index in [4.69, 9.17) is 0 Å². The lowest BCUT2D eigenvalue weighted by atomic mass is 10.0. The third-order valence-electron chi connectivity index (χ3n) is 5.86. The lowest BCUT2D eigenvalue weighted by Crippen LogP contribution is -2.48. The molecule has 1 saturated heterocycles. The minimum Gasteiger partial charge on any atom is -0.369 e. The van der Waals surface area contributed by atoms with E-state index in [0.29, 0.717) is 5.69 Å². The second-order valence-corrected chi connectivity index (χ2v) is 7.47. The third-order valence-corrected chi connectivity index (χ3v) is 5.86. The van der Waals surface area contributed by atoms with Crippen molar-refractivity contribution in [3.63, 3.8) is 0 Å². The minimum atomic E-state index is -4.30. The van der Waals surface area contributed by atoms with Crippen LogP contribution in [0.25, 0.3) is 10.8 Å². The Morgan fingerprint density at radius 1 is 0.750 bits per heavy atom. The SMILES string of the molecule is FC(F)(F)c1cccc(N2CCN([C]3Cc4cccc5cccc3c45)CC2)c1. The highest BCUT2D eigenvalue weighted by Crippen LogP contribution is 2.40. The molecule has 3 aromatic carbocycles. The summed E-state index contributed by atoms with van der Waals surface area (Å²) < 4.78 is 39.0. The van der Waals surface area contributed by atoms with Gasteiger partial charge in [-0.25, -0.2) is 0 Å². The Bertz CT molecular complexity index is 1010. The molecule has 0 amide bonds. The van der Waals surface area contributed by atoms with Gasteiger partial charge in [0.25, 0.3) is 0 Å². The molecule has 1 fully saturated rings. The zero-order chi connectivity index (χ0) is 19.3. The molecule has 1 aliphatic heterocycles. The van der Waals surface area contributed by atoms with Crippen molar-refractivity contribution in [3.05, 3.63) is 83.4 Å². The predicted molar refractivity (Wildman–Crippen MR) is 105 cm³/mol. The van der Waals surface area contributed by atoms with Gasteiger partial charge < -0.3 is 4.90 Å². The van der Waals surface area contributed by atoms with E-state index in [9.17, 15) is 13.2 Å². The standard InChI is InChI=1S/C23H20F3N2/c24-23(25,26)18-7-3-8-19(15-18)27-10-12-28(13-11-27)21-14-17-6-1-4-16-5-2-9-20(21)22(16)17/h1-9,15H,10-14H2. The van der Waals surface area contributed by atoms with Crippen LogP contribution in [0.5, 0.6) is 0 Å². The van der Waals surface area contributed by atoms with Gasteiger partial charge >= 0.3 is 6.18 Å². The van der Waals surface area contributed by atoms with E-state index in [0.717, 1.165) is 38.7 Å². The molecule has 143 valence electrons. The minimum absolute atomic E-state index is 0.584. The maximum absolute atomic E-state index is 13.0. The molecule has 0 atom stereocenters. The Hall–Kier alpha value is -2.53. The fraction of sp³-hybridized carbons (Fsp3) is 0.261. The molecule has 0 saturated carbocycles. The molecule has 2 nitrogen and oxygen atoms in total. The first-order valence-corrected chi connectivity index (χ1v) is 9.55. The Labute approximate surface area is 162 Å². The zero-order valence-electron chi connectivity index (χ0n) is 15.3. The van der Waals surface area contributed by atoms with Crippen LogP contribution in [0.15, 0.2) is 60.7 Å². The Morgan fingerprint density at radius 2 is 1.43 bits per heavy atom. The Morgan fingerprint density at radius 3 is 2.18 bits per heavy atom. The first-order valence-electron chi connectivity index (χ1n) is 9.55. The van der Waals surface area contributed by atoms with Crippen LogP contribution in [0.3, 0.4) is 0 Å². The number of piperazine rings is 1. The summed E-state index contributed by atoms with van der Waals surface area (Å²) in [5, 5.41) is 2.62. The summed E-state index contributed by atoms with van der Waals surface area (Å²) in [5.74, 6) is 0. The molecule has 0 aromatic heterocycles. The van der Waals surface area contributed by atoms with Gasteiger partial charge in [0.1, 0.15) is 0 Å². The average molecular weight is 381 g/mol. The highest BCUT2D eigenvalue weighted by atomic mass is 19.4. The van der Waals surface area contributed by atoms with Crippen molar-refractivity contribution < 1.29 is 13.2 Å². The van der Waals surface area contributed by atoms with Crippen LogP contribution in [-0.2, 0) is 12.6 Å². The highest BCUT2D eigenvalue weighted by molar-refractivity contribution is 5.93. The molecule has 0 bridgehead atoms. The molecule has 5 rings (SSSR count). The third kappa shape index (κ3) is 2.94. The highest BCUT2D eigenvalue weighted by Gasteiger charge is 2.33. The summed E-state index contributed by atoms with van der Waals surface area (Å²) >= 11 is 0. The van der Waals surface area contributed by atoms with Crippen LogP contribution >= 0.6 is 0 Å². The normalized spacial score (nSPS) is 18.2. The number of benzene rings is 3. The lowest BCUT2D eigenvalue weighted by Gasteiger charge is -2.39. The van der Waals surface area contributed by atoms with Crippen LogP contribution < -0.4 is 4.90 Å². The number of nitrogens with zero attached hydrogens (tertiary/aromatic N) is 2. The fourth-order valence-electron chi connectivity index (χ4n) is 4.48. The second kappa shape index (κ2) is 6.52. The maximum atomic E-state index is 13.0. The fourth-order valence-corrected chi connectivity index (χ4v) is 4.48. The van der Waals surface area contributed by atoms with Gasteiger partial charge in [0, 0.05) is 31.9 Å². The predicted octanol–water partition coefficient (Wildman–Crippen LogP) is 5.12. The smallest absolute Gasteiger partial charge is 0.369 e. The maximum Gasteiger partial charge on any atom is 0.416 e. The summed E-state index contributed by atoms with van der Waals surface area (Å²) in [5.41, 5.74) is 2.74. The van der Waals surface area contributed by atoms with E-state index < -0.39 is 11.7 Å². The second-order valence-electron chi connectivity index (χ2n) is 7.47. The molecule has 1 aliphatic carbocycles. The molecule has 0 unspecified atom stereocenters. The van der Waals surface area contributed by atoms with Gasteiger partial charge in [-0.15, -0.1) is 0 Å². The molecule has 2 aliphatic rings. The first-order chi connectivity index (χ1) is 13.5. The van der Waals surface area contributed by atoms with Crippen LogP contribution in [0.2, 0.25) is 0 Å². The topological polar surface area (TPSA) is 6.48 Å². The molecule has 0 N–H and O–H groups in total. The summed E-state index contributed by atoms with van der Waals surface area (Å²) in [6.07, 6.45) is -3.37. The van der Waals surface area contributed by atoms with E-state index in [-0.39, 0.29) is 0 Å². The van der Waals surface area contributed by atoms with E-state index in [1.54, 1.807) is 6.07 Å². The lowest BCUT2D eigenvalue weighted by molar-refractivity contribution is -0.137. The van der Waals surface area contributed by atoms with Crippen molar-refractivity contribution in [2.45, 2.75) is 12.6 Å². The summed E-state index contributed by atoms with van der Waals surface area (Å²) in [6.45, 7) is 3.07. The van der Waals surface area contributed by atoms with Crippen LogP contribution in [-0.4, -0.2) is 31.1 Å². The number of hydrogen-bond donors (Lipinski definition) is 0. The molecule has 5 heteroatoms. The van der Waals surface area contributed by atoms with E-state index in [1.807, 2.05) is 0 Å². The largest absolute Gasteiger partial charge is 0.416 e. The molecule has 3 aromatic rings. The van der Waals surface area contributed by atoms with E-state index in [2.05, 4.69) is 46.2 Å². The van der Waals surface area contributed by atoms with Crippen molar-refractivity contribution >= 4 is 16.5 Å². The summed E-state index contributed by atoms with van der Waals surface area (Å²) in [6, 6.07) is 19.9. The molecule has 28 heavy (non-hydrogen) atoms. The average Bonchev–Trinajstić information content (AvgIpc) is 3.09. The number of rotatable bonds is 2. The zero-order valence-corrected chi connectivity index (χ0v) is 15.3. The molecule has 0 spiro atoms. The summed E-state index contributed by atoms with van der Waals surface area (Å²) in [7, 11) is 0. The van der Waals surface area contributed by atoms with Gasteiger partial charge in [-0.3, -0.25) is 4.90 Å². The van der Waals surface area contributed by atoms with Gasteiger partial charge in [0.05, 0.1) is 11.6 Å². The van der Waals surface area contributed by atoms with Crippen molar-refractivity contribution in [2.24, 2.45) is 0 Å². The van der Waals surface area contributed by atoms with Crippen molar-refractivity contribution in [3.8, 4) is 0 Å². The van der Waals surface area contributed by atoms with E-state index in [1.165, 1.54) is 40.1 Å². The Balaban J connectivity index is 1.33.